The largest absolute Gasteiger partial charge is 0.408 e. The Balaban J connectivity index is 1.87. The molecule has 0 aliphatic heterocycles. The first kappa shape index (κ1) is 15.9. The van der Waals surface area contributed by atoms with Crippen molar-refractivity contribution in [1.82, 2.24) is 20.3 Å². The van der Waals surface area contributed by atoms with E-state index in [4.69, 9.17) is 4.52 Å². The number of nitrogens with one attached hydrogen (secondary N) is 2. The van der Waals surface area contributed by atoms with Crippen molar-refractivity contribution in [1.29, 1.82) is 0 Å². The predicted molar refractivity (Wildman–Crippen MR) is 70.1 cm³/mol. The molecule has 0 bridgehead atoms. The summed E-state index contributed by atoms with van der Waals surface area (Å²) < 4.78 is 42.2. The number of aromatic nitrogens is 3. The molecule has 2 rings (SSSR count). The van der Waals surface area contributed by atoms with Gasteiger partial charge in [-0.2, -0.15) is 18.3 Å². The molecular formula is C12H14F3N5O2. The monoisotopic (exact) mass is 317 g/mol. The lowest BCUT2D eigenvalue weighted by atomic mass is 10.2. The van der Waals surface area contributed by atoms with Crippen LogP contribution in [0.25, 0.3) is 0 Å². The van der Waals surface area contributed by atoms with Crippen molar-refractivity contribution in [2.75, 3.05) is 5.32 Å². The second kappa shape index (κ2) is 6.08. The summed E-state index contributed by atoms with van der Waals surface area (Å²) in [6.07, 6.45) is -2.13. The molecule has 2 aromatic rings. The summed E-state index contributed by atoms with van der Waals surface area (Å²) in [5, 5.41) is 12.2. The highest BCUT2D eigenvalue weighted by molar-refractivity contribution is 5.88. The predicted octanol–water partition coefficient (Wildman–Crippen LogP) is 2.37. The minimum absolute atomic E-state index is 0.167. The number of aryl methyl sites for hydroxylation is 2. The number of urea groups is 1. The molecule has 2 amide bonds. The maximum Gasteiger partial charge on any atom is 0.408 e. The molecule has 0 aromatic carbocycles. The highest BCUT2D eigenvalue weighted by atomic mass is 19.4. The fourth-order valence-electron chi connectivity index (χ4n) is 1.80. The molecule has 10 heteroatoms. The number of halogens is 3. The Morgan fingerprint density at radius 1 is 1.41 bits per heavy atom. The minimum atomic E-state index is -4.37. The Labute approximate surface area is 123 Å². The number of alkyl halides is 3. The average Bonchev–Trinajstić information content (AvgIpc) is 2.93. The van der Waals surface area contributed by atoms with Crippen LogP contribution in [-0.4, -0.2) is 27.1 Å². The van der Waals surface area contributed by atoms with E-state index in [1.54, 1.807) is 13.8 Å². The number of hydrogen-bond donors (Lipinski definition) is 2. The third-order valence-corrected chi connectivity index (χ3v) is 2.84. The zero-order valence-electron chi connectivity index (χ0n) is 11.9. The van der Waals surface area contributed by atoms with Crippen molar-refractivity contribution in [3.63, 3.8) is 0 Å². The summed E-state index contributed by atoms with van der Waals surface area (Å²) in [5.41, 5.74) is 1.58. The molecule has 0 aliphatic carbocycles. The fourth-order valence-corrected chi connectivity index (χ4v) is 1.80. The van der Waals surface area contributed by atoms with Crippen molar-refractivity contribution in [2.45, 2.75) is 33.1 Å². The molecule has 0 fully saturated rings. The van der Waals surface area contributed by atoms with Gasteiger partial charge in [0.05, 0.1) is 17.6 Å². The van der Waals surface area contributed by atoms with Crippen LogP contribution < -0.4 is 10.6 Å². The lowest BCUT2D eigenvalue weighted by Gasteiger charge is -2.06. The van der Waals surface area contributed by atoms with Gasteiger partial charge in [-0.3, -0.25) is 4.68 Å². The van der Waals surface area contributed by atoms with Crippen LogP contribution in [0.2, 0.25) is 0 Å². The van der Waals surface area contributed by atoms with E-state index in [1.807, 2.05) is 0 Å². The summed E-state index contributed by atoms with van der Waals surface area (Å²) >= 11 is 0. The van der Waals surface area contributed by atoms with E-state index in [9.17, 15) is 18.0 Å². The van der Waals surface area contributed by atoms with Gasteiger partial charge in [-0.25, -0.2) is 4.79 Å². The number of anilines is 1. The van der Waals surface area contributed by atoms with Crippen LogP contribution in [0.1, 0.15) is 17.0 Å². The van der Waals surface area contributed by atoms with Crippen molar-refractivity contribution in [2.24, 2.45) is 0 Å². The van der Waals surface area contributed by atoms with E-state index >= 15 is 0 Å². The molecule has 0 unspecified atom stereocenters. The van der Waals surface area contributed by atoms with Crippen LogP contribution >= 0.6 is 0 Å². The summed E-state index contributed by atoms with van der Waals surface area (Å²) in [5.74, 6) is 0.593. The molecule has 0 saturated heterocycles. The third kappa shape index (κ3) is 4.24. The maximum absolute atomic E-state index is 12.2. The third-order valence-electron chi connectivity index (χ3n) is 2.84. The van der Waals surface area contributed by atoms with E-state index in [0.29, 0.717) is 16.1 Å². The van der Waals surface area contributed by atoms with Crippen molar-refractivity contribution in [3.8, 4) is 0 Å². The second-order valence-corrected chi connectivity index (χ2v) is 4.65. The lowest BCUT2D eigenvalue weighted by Crippen LogP contribution is -2.28. The van der Waals surface area contributed by atoms with Gasteiger partial charge in [0, 0.05) is 18.3 Å². The van der Waals surface area contributed by atoms with E-state index < -0.39 is 18.8 Å². The normalized spacial score (nSPS) is 11.5. The van der Waals surface area contributed by atoms with Crippen LogP contribution in [0, 0.1) is 13.8 Å². The topological polar surface area (TPSA) is 85.0 Å². The quantitative estimate of drug-likeness (QED) is 0.906. The van der Waals surface area contributed by atoms with Crippen LogP contribution in [0.15, 0.2) is 16.9 Å². The van der Waals surface area contributed by atoms with Gasteiger partial charge in [0.1, 0.15) is 12.3 Å². The SMILES string of the molecule is Cc1noc(C)c1CNC(=O)Nc1cnn(CC(F)(F)F)c1. The van der Waals surface area contributed by atoms with Crippen LogP contribution in [-0.2, 0) is 13.1 Å². The zero-order valence-corrected chi connectivity index (χ0v) is 11.9. The Kier molecular flexibility index (Phi) is 4.38. The molecule has 2 aromatic heterocycles. The van der Waals surface area contributed by atoms with Crippen molar-refractivity contribution >= 4 is 11.7 Å². The summed E-state index contributed by atoms with van der Waals surface area (Å²) in [6, 6.07) is -0.563. The average molecular weight is 317 g/mol. The number of nitrogens with zero attached hydrogens (tertiary/aromatic N) is 3. The first-order valence-electron chi connectivity index (χ1n) is 6.30. The molecule has 2 heterocycles. The highest BCUT2D eigenvalue weighted by Crippen LogP contribution is 2.18. The van der Waals surface area contributed by atoms with E-state index in [-0.39, 0.29) is 12.2 Å². The molecular weight excluding hydrogens is 303 g/mol. The molecule has 0 atom stereocenters. The Morgan fingerprint density at radius 2 is 2.14 bits per heavy atom. The van der Waals surface area contributed by atoms with Gasteiger partial charge >= 0.3 is 12.2 Å². The lowest BCUT2D eigenvalue weighted by molar-refractivity contribution is -0.142. The molecule has 2 N–H and O–H groups in total. The molecule has 120 valence electrons. The molecule has 0 radical (unpaired) electrons. The van der Waals surface area contributed by atoms with Crippen molar-refractivity contribution in [3.05, 3.63) is 29.4 Å². The van der Waals surface area contributed by atoms with Crippen LogP contribution in [0.4, 0.5) is 23.7 Å². The van der Waals surface area contributed by atoms with Crippen LogP contribution in [0.5, 0.6) is 0 Å². The van der Waals surface area contributed by atoms with Gasteiger partial charge in [0.15, 0.2) is 0 Å². The first-order valence-corrected chi connectivity index (χ1v) is 6.30. The van der Waals surface area contributed by atoms with Gasteiger partial charge in [0.25, 0.3) is 0 Å². The number of carbonyl (C=O) groups excluding carboxylic acids is 1. The van der Waals surface area contributed by atoms with Gasteiger partial charge in [-0.15, -0.1) is 0 Å². The van der Waals surface area contributed by atoms with E-state index in [1.165, 1.54) is 0 Å². The molecule has 0 spiro atoms. The summed E-state index contributed by atoms with van der Waals surface area (Å²) in [4.78, 5) is 11.7. The first-order chi connectivity index (χ1) is 10.2. The number of carbonyl (C=O) groups is 1. The van der Waals surface area contributed by atoms with E-state index in [0.717, 1.165) is 18.0 Å². The molecule has 0 saturated carbocycles. The Morgan fingerprint density at radius 3 is 2.73 bits per heavy atom. The standard InChI is InChI=1S/C12H14F3N5O2/c1-7-10(8(2)22-19-7)4-16-11(21)18-9-3-17-20(5-9)6-12(13,14)15/h3,5H,4,6H2,1-2H3,(H2,16,18,21). The molecule has 7 nitrogen and oxygen atoms in total. The maximum atomic E-state index is 12.2. The number of rotatable bonds is 4. The molecule has 22 heavy (non-hydrogen) atoms. The zero-order chi connectivity index (χ0) is 16.3. The number of hydrogen-bond acceptors (Lipinski definition) is 4. The van der Waals surface area contributed by atoms with Gasteiger partial charge in [-0.1, -0.05) is 5.16 Å². The van der Waals surface area contributed by atoms with Crippen LogP contribution in [0.3, 0.4) is 0 Å². The van der Waals surface area contributed by atoms with Gasteiger partial charge < -0.3 is 15.2 Å². The molecule has 0 aliphatic rings. The second-order valence-electron chi connectivity index (χ2n) is 4.65. The minimum Gasteiger partial charge on any atom is -0.361 e. The Bertz CT molecular complexity index is 643. The smallest absolute Gasteiger partial charge is 0.361 e. The van der Waals surface area contributed by atoms with E-state index in [2.05, 4.69) is 20.9 Å². The Hall–Kier alpha value is -2.52. The van der Waals surface area contributed by atoms with Gasteiger partial charge in [-0.05, 0) is 13.8 Å². The number of amides is 2. The summed E-state index contributed by atoms with van der Waals surface area (Å²) in [6.45, 7) is 2.45. The van der Waals surface area contributed by atoms with Crippen molar-refractivity contribution < 1.29 is 22.5 Å². The summed E-state index contributed by atoms with van der Waals surface area (Å²) in [7, 11) is 0. The fraction of sp³-hybridized carbons (Fsp3) is 0.417. The van der Waals surface area contributed by atoms with Gasteiger partial charge in [0.2, 0.25) is 0 Å². The highest BCUT2D eigenvalue weighted by Gasteiger charge is 2.28.